The largest absolute Gasteiger partial charge is 0.416 e. The second-order valence-electron chi connectivity index (χ2n) is 7.61. The van der Waals surface area contributed by atoms with Crippen molar-refractivity contribution in [3.8, 4) is 5.69 Å². The smallest absolute Gasteiger partial charge is 0.358 e. The van der Waals surface area contributed by atoms with Crippen molar-refractivity contribution in [2.24, 2.45) is 0 Å². The second kappa shape index (κ2) is 7.44. The molecule has 0 spiro atoms. The van der Waals surface area contributed by atoms with Crippen molar-refractivity contribution in [3.63, 3.8) is 0 Å². The molecule has 0 unspecified atom stereocenters. The van der Waals surface area contributed by atoms with Crippen LogP contribution in [0.15, 0.2) is 65.8 Å². The minimum Gasteiger partial charge on any atom is -0.358 e. The van der Waals surface area contributed by atoms with Crippen molar-refractivity contribution >= 4 is 27.7 Å². The molecular formula is C23H16F3N5O2. The Morgan fingerprint density at radius 1 is 1.09 bits per heavy atom. The average molecular weight is 451 g/mol. The van der Waals surface area contributed by atoms with E-state index in [0.717, 1.165) is 23.0 Å². The highest BCUT2D eigenvalue weighted by Gasteiger charge is 2.30. The van der Waals surface area contributed by atoms with E-state index in [0.29, 0.717) is 11.3 Å². The van der Waals surface area contributed by atoms with Gasteiger partial charge in [0, 0.05) is 22.2 Å². The number of para-hydroxylation sites is 1. The Labute approximate surface area is 184 Å². The number of aryl methyl sites for hydroxylation is 1. The van der Waals surface area contributed by atoms with Crippen LogP contribution in [0.3, 0.4) is 0 Å². The zero-order valence-corrected chi connectivity index (χ0v) is 17.2. The molecule has 7 nitrogen and oxygen atoms in total. The third kappa shape index (κ3) is 3.49. The van der Waals surface area contributed by atoms with E-state index in [1.165, 1.54) is 33.9 Å². The van der Waals surface area contributed by atoms with E-state index in [-0.39, 0.29) is 29.0 Å². The number of ketones is 1. The maximum atomic E-state index is 13.1. The molecule has 3 heterocycles. The van der Waals surface area contributed by atoms with Gasteiger partial charge in [0.1, 0.15) is 11.7 Å². The van der Waals surface area contributed by atoms with E-state index in [2.05, 4.69) is 15.1 Å². The van der Waals surface area contributed by atoms with Gasteiger partial charge in [0.25, 0.3) is 5.56 Å². The number of Topliss-reactive ketones (excluding diaryl/α,β-unsaturated/α-hetero) is 1. The van der Waals surface area contributed by atoms with Crippen LogP contribution in [0.5, 0.6) is 0 Å². The summed E-state index contributed by atoms with van der Waals surface area (Å²) >= 11 is 0. The normalized spacial score (nSPS) is 12.0. The summed E-state index contributed by atoms with van der Waals surface area (Å²) < 4.78 is 41.6. The Hall–Kier alpha value is -4.21. The number of rotatable bonds is 4. The lowest BCUT2D eigenvalue weighted by atomic mass is 10.1. The quantitative estimate of drug-likeness (QED) is 0.414. The van der Waals surface area contributed by atoms with Crippen molar-refractivity contribution < 1.29 is 18.0 Å². The number of alkyl halides is 3. The molecule has 33 heavy (non-hydrogen) atoms. The van der Waals surface area contributed by atoms with Gasteiger partial charge in [0.2, 0.25) is 0 Å². The van der Waals surface area contributed by atoms with Gasteiger partial charge >= 0.3 is 6.18 Å². The van der Waals surface area contributed by atoms with E-state index >= 15 is 0 Å². The first-order chi connectivity index (χ1) is 15.7. The van der Waals surface area contributed by atoms with Crippen LogP contribution in [-0.2, 0) is 12.7 Å². The van der Waals surface area contributed by atoms with Crippen LogP contribution < -0.4 is 5.56 Å². The van der Waals surface area contributed by atoms with Crippen LogP contribution in [0.1, 0.15) is 21.6 Å². The number of carbonyl (C=O) groups excluding carboxylic acids is 1. The number of H-pyrrole nitrogens is 1. The molecule has 0 amide bonds. The number of fused-ring (bicyclic) bond motifs is 2. The fraction of sp³-hybridized carbons (Fsp3) is 0.130. The maximum Gasteiger partial charge on any atom is 0.416 e. The Morgan fingerprint density at radius 2 is 1.88 bits per heavy atom. The number of aromatic amines is 1. The first-order valence-corrected chi connectivity index (χ1v) is 9.95. The van der Waals surface area contributed by atoms with Crippen molar-refractivity contribution in [1.29, 1.82) is 0 Å². The van der Waals surface area contributed by atoms with Crippen LogP contribution >= 0.6 is 0 Å². The number of carbonyl (C=O) groups is 1. The summed E-state index contributed by atoms with van der Waals surface area (Å²) in [6, 6.07) is 12.0. The summed E-state index contributed by atoms with van der Waals surface area (Å²) in [6.07, 6.45) is -2.07. The van der Waals surface area contributed by atoms with Gasteiger partial charge < -0.3 is 4.98 Å². The Morgan fingerprint density at radius 3 is 2.67 bits per heavy atom. The van der Waals surface area contributed by atoms with Gasteiger partial charge in [-0.3, -0.25) is 14.2 Å². The first kappa shape index (κ1) is 20.7. The van der Waals surface area contributed by atoms with Gasteiger partial charge in [-0.1, -0.05) is 24.3 Å². The Balaban J connectivity index is 1.52. The summed E-state index contributed by atoms with van der Waals surface area (Å²) in [6.45, 7) is 1.55. The summed E-state index contributed by atoms with van der Waals surface area (Å²) in [5, 5.41) is 4.92. The molecule has 0 saturated heterocycles. The highest BCUT2D eigenvalue weighted by atomic mass is 19.4. The van der Waals surface area contributed by atoms with Crippen molar-refractivity contribution in [1.82, 2.24) is 24.3 Å². The molecular weight excluding hydrogens is 435 g/mol. The summed E-state index contributed by atoms with van der Waals surface area (Å²) in [5.74, 6) is -0.265. The number of benzene rings is 2. The molecule has 2 aromatic carbocycles. The number of halogens is 3. The molecule has 3 aromatic heterocycles. The molecule has 0 aliphatic carbocycles. The van der Waals surface area contributed by atoms with Crippen molar-refractivity contribution in [2.45, 2.75) is 19.6 Å². The summed E-state index contributed by atoms with van der Waals surface area (Å²) in [5.41, 5.74) is 0.890. The minimum atomic E-state index is -4.51. The highest BCUT2D eigenvalue weighted by molar-refractivity contribution is 6.09. The van der Waals surface area contributed by atoms with E-state index in [9.17, 15) is 22.8 Å². The Bertz CT molecular complexity index is 1590. The zero-order chi connectivity index (χ0) is 23.3. The van der Waals surface area contributed by atoms with Gasteiger partial charge in [-0.15, -0.1) is 0 Å². The number of aromatic nitrogens is 5. The lowest BCUT2D eigenvalue weighted by Crippen LogP contribution is -2.24. The van der Waals surface area contributed by atoms with Crippen molar-refractivity contribution in [2.75, 3.05) is 0 Å². The minimum absolute atomic E-state index is 0.0957. The molecule has 0 bridgehead atoms. The first-order valence-electron chi connectivity index (χ1n) is 9.95. The highest BCUT2D eigenvalue weighted by Crippen LogP contribution is 2.30. The SMILES string of the molecule is Cc1[nH]c2ccccc2c1C(=O)Cn1cnc2c(cnn2-c2cccc(C(F)(F)F)c2)c1=O. The van der Waals surface area contributed by atoms with Crippen molar-refractivity contribution in [3.05, 3.63) is 88.2 Å². The molecule has 0 fully saturated rings. The van der Waals surface area contributed by atoms with Crippen LogP contribution in [-0.4, -0.2) is 30.1 Å². The van der Waals surface area contributed by atoms with E-state index < -0.39 is 17.3 Å². The number of nitrogens with zero attached hydrogens (tertiary/aromatic N) is 4. The summed E-state index contributed by atoms with van der Waals surface area (Å²) in [4.78, 5) is 33.4. The number of hydrogen-bond acceptors (Lipinski definition) is 4. The molecule has 0 radical (unpaired) electrons. The van der Waals surface area contributed by atoms with Gasteiger partial charge in [-0.2, -0.15) is 18.3 Å². The van der Waals surface area contributed by atoms with Crippen LogP contribution in [0.25, 0.3) is 27.6 Å². The molecule has 1 N–H and O–H groups in total. The van der Waals surface area contributed by atoms with Gasteiger partial charge in [-0.25, -0.2) is 9.67 Å². The molecule has 5 rings (SSSR count). The number of hydrogen-bond donors (Lipinski definition) is 1. The zero-order valence-electron chi connectivity index (χ0n) is 17.2. The molecule has 5 aromatic rings. The summed E-state index contributed by atoms with van der Waals surface area (Å²) in [7, 11) is 0. The molecule has 10 heteroatoms. The third-order valence-electron chi connectivity index (χ3n) is 5.46. The van der Waals surface area contributed by atoms with E-state index in [4.69, 9.17) is 0 Å². The molecule has 0 saturated carbocycles. The predicted molar refractivity (Wildman–Crippen MR) is 115 cm³/mol. The maximum absolute atomic E-state index is 13.1. The van der Waals surface area contributed by atoms with Gasteiger partial charge in [0.05, 0.1) is 24.0 Å². The van der Waals surface area contributed by atoms with Crippen LogP contribution in [0.2, 0.25) is 0 Å². The second-order valence-corrected chi connectivity index (χ2v) is 7.61. The fourth-order valence-corrected chi connectivity index (χ4v) is 3.93. The molecule has 166 valence electrons. The van der Waals surface area contributed by atoms with E-state index in [1.54, 1.807) is 6.92 Å². The van der Waals surface area contributed by atoms with Crippen LogP contribution in [0.4, 0.5) is 13.2 Å². The predicted octanol–water partition coefficient (Wildman–Crippen LogP) is 4.27. The molecule has 0 aliphatic heterocycles. The standard InChI is InChI=1S/C23H16F3N5O2/c1-13-20(16-7-2-3-8-18(16)29-13)19(32)11-30-12-27-21-17(22(30)33)10-28-31(21)15-6-4-5-14(9-15)23(24,25)26/h2-10,12,29H,11H2,1H3. The topological polar surface area (TPSA) is 85.6 Å². The average Bonchev–Trinajstić information content (AvgIpc) is 3.36. The lowest BCUT2D eigenvalue weighted by Gasteiger charge is -2.09. The molecule has 0 aliphatic rings. The third-order valence-corrected chi connectivity index (χ3v) is 5.46. The van der Waals surface area contributed by atoms with Gasteiger partial charge in [0.15, 0.2) is 11.4 Å². The lowest BCUT2D eigenvalue weighted by molar-refractivity contribution is -0.137. The van der Waals surface area contributed by atoms with Gasteiger partial charge in [-0.05, 0) is 31.2 Å². The fourth-order valence-electron chi connectivity index (χ4n) is 3.93. The number of nitrogens with one attached hydrogen (secondary N) is 1. The van der Waals surface area contributed by atoms with Crippen LogP contribution in [0, 0.1) is 6.92 Å². The molecule has 0 atom stereocenters. The monoisotopic (exact) mass is 451 g/mol. The Kier molecular flexibility index (Phi) is 4.66. The van der Waals surface area contributed by atoms with E-state index in [1.807, 2.05) is 24.3 Å².